The maximum Gasteiger partial charge on any atom is 0.338 e. The summed E-state index contributed by atoms with van der Waals surface area (Å²) in [5.41, 5.74) is 1.44. The van der Waals surface area contributed by atoms with Crippen molar-refractivity contribution >= 4 is 5.97 Å². The number of carbonyl (C=O) groups excluding carboxylic acids is 1. The van der Waals surface area contributed by atoms with E-state index in [2.05, 4.69) is 20.8 Å². The minimum absolute atomic E-state index is 0.0140. The summed E-state index contributed by atoms with van der Waals surface area (Å²) in [6, 6.07) is 5.36. The molecule has 124 valence electrons. The molecule has 4 heteroatoms. The Morgan fingerprint density at radius 1 is 1.27 bits per heavy atom. The van der Waals surface area contributed by atoms with Crippen molar-refractivity contribution in [1.82, 2.24) is 0 Å². The number of benzene rings is 1. The van der Waals surface area contributed by atoms with Gasteiger partial charge in [0.2, 0.25) is 0 Å². The molecule has 0 radical (unpaired) electrons. The monoisotopic (exact) mass is 308 g/mol. The Morgan fingerprint density at radius 2 is 2.00 bits per heavy atom. The Bertz CT molecular complexity index is 480. The minimum atomic E-state index is -0.415. The standard InChI is InChI=1S/C18H28O4/c1-5-6-7-10-18(2,3)15-13-14(8-9-16(15)21-4)17(20)22-12-11-19/h8-9,13,19H,5-7,10-12H2,1-4H3. The maximum atomic E-state index is 12.0. The molecule has 0 spiro atoms. The number of carbonyl (C=O) groups is 1. The number of methoxy groups -OCH3 is 1. The van der Waals surface area contributed by atoms with Crippen molar-refractivity contribution in [3.8, 4) is 5.75 Å². The van der Waals surface area contributed by atoms with Gasteiger partial charge in [-0.25, -0.2) is 4.79 Å². The van der Waals surface area contributed by atoms with Crippen LogP contribution in [0.15, 0.2) is 18.2 Å². The molecule has 0 aliphatic carbocycles. The van der Waals surface area contributed by atoms with E-state index in [9.17, 15) is 4.79 Å². The van der Waals surface area contributed by atoms with Gasteiger partial charge in [0.05, 0.1) is 19.3 Å². The molecule has 0 saturated carbocycles. The van der Waals surface area contributed by atoms with Gasteiger partial charge < -0.3 is 14.6 Å². The number of ether oxygens (including phenoxy) is 2. The van der Waals surface area contributed by atoms with E-state index in [0.29, 0.717) is 5.56 Å². The second kappa shape index (κ2) is 8.79. The van der Waals surface area contributed by atoms with Gasteiger partial charge in [-0.2, -0.15) is 0 Å². The van der Waals surface area contributed by atoms with Gasteiger partial charge in [-0.15, -0.1) is 0 Å². The first-order chi connectivity index (χ1) is 10.5. The van der Waals surface area contributed by atoms with Gasteiger partial charge in [0.1, 0.15) is 12.4 Å². The molecule has 0 aliphatic heterocycles. The molecular formula is C18H28O4. The number of rotatable bonds is 9. The summed E-state index contributed by atoms with van der Waals surface area (Å²) in [6.07, 6.45) is 4.56. The molecular weight excluding hydrogens is 280 g/mol. The molecule has 0 saturated heterocycles. The molecule has 0 atom stereocenters. The Kier molecular flexibility index (Phi) is 7.39. The van der Waals surface area contributed by atoms with Crippen molar-refractivity contribution in [3.63, 3.8) is 0 Å². The second-order valence-corrected chi connectivity index (χ2v) is 6.12. The van der Waals surface area contributed by atoms with Gasteiger partial charge in [0.15, 0.2) is 0 Å². The van der Waals surface area contributed by atoms with E-state index in [0.717, 1.165) is 24.2 Å². The Balaban J connectivity index is 3.02. The van der Waals surface area contributed by atoms with E-state index >= 15 is 0 Å². The largest absolute Gasteiger partial charge is 0.496 e. The highest BCUT2D eigenvalue weighted by Crippen LogP contribution is 2.36. The number of aliphatic hydroxyl groups is 1. The summed E-state index contributed by atoms with van der Waals surface area (Å²) in [7, 11) is 1.64. The number of aliphatic hydroxyl groups excluding tert-OH is 1. The van der Waals surface area contributed by atoms with Crippen LogP contribution in [0.4, 0.5) is 0 Å². The third kappa shape index (κ3) is 5.02. The van der Waals surface area contributed by atoms with Crippen LogP contribution in [0.5, 0.6) is 5.75 Å². The molecule has 1 aromatic carbocycles. The third-order valence-electron chi connectivity index (χ3n) is 3.89. The summed E-state index contributed by atoms with van der Waals surface area (Å²) in [5, 5.41) is 8.75. The van der Waals surface area contributed by atoms with Gasteiger partial charge in [-0.1, -0.05) is 40.0 Å². The highest BCUT2D eigenvalue weighted by Gasteiger charge is 2.25. The molecule has 0 unspecified atom stereocenters. The number of hydrogen-bond acceptors (Lipinski definition) is 4. The second-order valence-electron chi connectivity index (χ2n) is 6.12. The predicted molar refractivity (Wildman–Crippen MR) is 87.5 cm³/mol. The molecule has 0 amide bonds. The van der Waals surface area contributed by atoms with Crippen LogP contribution in [-0.2, 0) is 10.2 Å². The van der Waals surface area contributed by atoms with Crippen molar-refractivity contribution < 1.29 is 19.4 Å². The van der Waals surface area contributed by atoms with E-state index in [1.807, 2.05) is 12.1 Å². The van der Waals surface area contributed by atoms with Crippen LogP contribution in [0.25, 0.3) is 0 Å². The fraction of sp³-hybridized carbons (Fsp3) is 0.611. The highest BCUT2D eigenvalue weighted by molar-refractivity contribution is 5.90. The smallest absolute Gasteiger partial charge is 0.338 e. The molecule has 1 aromatic rings. The van der Waals surface area contributed by atoms with E-state index in [-0.39, 0.29) is 18.6 Å². The Morgan fingerprint density at radius 3 is 2.59 bits per heavy atom. The minimum Gasteiger partial charge on any atom is -0.496 e. The van der Waals surface area contributed by atoms with Crippen molar-refractivity contribution in [3.05, 3.63) is 29.3 Å². The van der Waals surface area contributed by atoms with Gasteiger partial charge in [-0.05, 0) is 30.0 Å². The van der Waals surface area contributed by atoms with Crippen LogP contribution in [0.2, 0.25) is 0 Å². The lowest BCUT2D eigenvalue weighted by Crippen LogP contribution is -2.19. The summed E-state index contributed by atoms with van der Waals surface area (Å²) in [6.45, 7) is 6.37. The van der Waals surface area contributed by atoms with Crippen LogP contribution >= 0.6 is 0 Å². The van der Waals surface area contributed by atoms with Crippen LogP contribution < -0.4 is 4.74 Å². The fourth-order valence-corrected chi connectivity index (χ4v) is 2.54. The Hall–Kier alpha value is -1.55. The van der Waals surface area contributed by atoms with Crippen LogP contribution in [-0.4, -0.2) is 31.4 Å². The van der Waals surface area contributed by atoms with E-state index in [1.165, 1.54) is 12.8 Å². The van der Waals surface area contributed by atoms with E-state index in [1.54, 1.807) is 13.2 Å². The summed E-state index contributed by atoms with van der Waals surface area (Å²) >= 11 is 0. The van der Waals surface area contributed by atoms with Crippen molar-refractivity contribution in [1.29, 1.82) is 0 Å². The first-order valence-electron chi connectivity index (χ1n) is 7.92. The first-order valence-corrected chi connectivity index (χ1v) is 7.92. The quantitative estimate of drug-likeness (QED) is 0.558. The molecule has 0 aromatic heterocycles. The SMILES string of the molecule is CCCCCC(C)(C)c1cc(C(=O)OCCO)ccc1OC. The lowest BCUT2D eigenvalue weighted by Gasteiger charge is -2.27. The molecule has 1 rings (SSSR count). The first kappa shape index (κ1) is 18.5. The zero-order valence-electron chi connectivity index (χ0n) is 14.1. The van der Waals surface area contributed by atoms with Gasteiger partial charge in [0, 0.05) is 5.56 Å². The summed E-state index contributed by atoms with van der Waals surface area (Å²) in [5.74, 6) is 0.377. The van der Waals surface area contributed by atoms with Gasteiger partial charge in [-0.3, -0.25) is 0 Å². The lowest BCUT2D eigenvalue weighted by atomic mass is 9.79. The van der Waals surface area contributed by atoms with Crippen LogP contribution in [0, 0.1) is 0 Å². The normalized spacial score (nSPS) is 11.3. The van der Waals surface area contributed by atoms with Crippen molar-refractivity contribution in [2.45, 2.75) is 51.9 Å². The van der Waals surface area contributed by atoms with Crippen LogP contribution in [0.3, 0.4) is 0 Å². The third-order valence-corrected chi connectivity index (χ3v) is 3.89. The molecule has 4 nitrogen and oxygen atoms in total. The topological polar surface area (TPSA) is 55.8 Å². The molecule has 0 fully saturated rings. The molecule has 0 heterocycles. The average molecular weight is 308 g/mol. The summed E-state index contributed by atoms with van der Waals surface area (Å²) < 4.78 is 10.4. The fourth-order valence-electron chi connectivity index (χ4n) is 2.54. The maximum absolute atomic E-state index is 12.0. The average Bonchev–Trinajstić information content (AvgIpc) is 2.52. The molecule has 0 bridgehead atoms. The molecule has 1 N–H and O–H groups in total. The zero-order valence-corrected chi connectivity index (χ0v) is 14.1. The lowest BCUT2D eigenvalue weighted by molar-refractivity contribution is 0.0433. The predicted octanol–water partition coefficient (Wildman–Crippen LogP) is 3.70. The Labute approximate surface area is 133 Å². The van der Waals surface area contributed by atoms with E-state index < -0.39 is 5.97 Å². The highest BCUT2D eigenvalue weighted by atomic mass is 16.5. The zero-order chi connectivity index (χ0) is 16.6. The number of unbranched alkanes of at least 4 members (excludes halogenated alkanes) is 2. The molecule has 0 aliphatic rings. The van der Waals surface area contributed by atoms with Crippen molar-refractivity contribution in [2.75, 3.05) is 20.3 Å². The molecule has 22 heavy (non-hydrogen) atoms. The van der Waals surface area contributed by atoms with Gasteiger partial charge in [0.25, 0.3) is 0 Å². The number of hydrogen-bond donors (Lipinski definition) is 1. The number of esters is 1. The summed E-state index contributed by atoms with van der Waals surface area (Å²) in [4.78, 5) is 12.0. The van der Waals surface area contributed by atoms with Crippen LogP contribution in [0.1, 0.15) is 62.4 Å². The van der Waals surface area contributed by atoms with Crippen molar-refractivity contribution in [2.24, 2.45) is 0 Å². The van der Waals surface area contributed by atoms with Gasteiger partial charge >= 0.3 is 5.97 Å². The van der Waals surface area contributed by atoms with E-state index in [4.69, 9.17) is 14.6 Å².